The van der Waals surface area contributed by atoms with E-state index in [1.807, 2.05) is 49.4 Å². The molecular weight excluding hydrogens is 313 g/mol. The van der Waals surface area contributed by atoms with Crippen molar-refractivity contribution in [3.05, 3.63) is 51.6 Å². The van der Waals surface area contributed by atoms with Crippen LogP contribution in [-0.2, 0) is 0 Å². The Hall–Kier alpha value is -1.23. The summed E-state index contributed by atoms with van der Waals surface area (Å²) in [5.41, 5.74) is 7.57. The molecule has 0 atom stereocenters. The van der Waals surface area contributed by atoms with E-state index >= 15 is 0 Å². The minimum Gasteiger partial charge on any atom is -0.456 e. The molecule has 0 saturated carbocycles. The van der Waals surface area contributed by atoms with Gasteiger partial charge in [-0.3, -0.25) is 0 Å². The van der Waals surface area contributed by atoms with E-state index in [4.69, 9.17) is 10.5 Å². The molecule has 0 saturated heterocycles. The van der Waals surface area contributed by atoms with Gasteiger partial charge in [-0.15, -0.1) is 0 Å². The van der Waals surface area contributed by atoms with Crippen LogP contribution in [0, 0.1) is 10.5 Å². The van der Waals surface area contributed by atoms with Crippen molar-refractivity contribution in [2.45, 2.75) is 6.92 Å². The lowest BCUT2D eigenvalue weighted by atomic mass is 10.2. The number of aryl methyl sites for hydroxylation is 1. The minimum atomic E-state index is 0.787. The topological polar surface area (TPSA) is 35.2 Å². The summed E-state index contributed by atoms with van der Waals surface area (Å²) in [6.07, 6.45) is 0. The van der Waals surface area contributed by atoms with Gasteiger partial charge in [-0.2, -0.15) is 0 Å². The third-order valence-corrected chi connectivity index (χ3v) is 3.20. The molecule has 2 nitrogen and oxygen atoms in total. The summed E-state index contributed by atoms with van der Waals surface area (Å²) in [5.74, 6) is 1.68. The zero-order chi connectivity index (χ0) is 11.5. The van der Waals surface area contributed by atoms with Crippen LogP contribution in [-0.4, -0.2) is 0 Å². The van der Waals surface area contributed by atoms with Gasteiger partial charge < -0.3 is 10.5 Å². The summed E-state index contributed by atoms with van der Waals surface area (Å²) in [7, 11) is 0. The Morgan fingerprint density at radius 1 is 1.12 bits per heavy atom. The Kier molecular flexibility index (Phi) is 3.33. The summed E-state index contributed by atoms with van der Waals surface area (Å²) in [6, 6.07) is 13.6. The molecule has 0 spiro atoms. The highest BCUT2D eigenvalue weighted by atomic mass is 127. The lowest BCUT2D eigenvalue weighted by Crippen LogP contribution is -1.91. The molecule has 0 unspecified atom stereocenters. The largest absolute Gasteiger partial charge is 0.456 e. The highest BCUT2D eigenvalue weighted by molar-refractivity contribution is 14.1. The van der Waals surface area contributed by atoms with Crippen molar-refractivity contribution < 1.29 is 4.74 Å². The normalized spacial score (nSPS) is 10.1. The lowest BCUT2D eigenvalue weighted by molar-refractivity contribution is 0.479. The van der Waals surface area contributed by atoms with Crippen molar-refractivity contribution in [1.29, 1.82) is 0 Å². The SMILES string of the molecule is Cc1cc(Oc2ccccc2I)ccc1N. The fraction of sp³-hybridized carbons (Fsp3) is 0.0769. The predicted octanol–water partition coefficient (Wildman–Crippen LogP) is 3.97. The zero-order valence-corrected chi connectivity index (χ0v) is 11.1. The first-order valence-corrected chi connectivity index (χ1v) is 6.03. The quantitative estimate of drug-likeness (QED) is 0.670. The second-order valence-electron chi connectivity index (χ2n) is 3.55. The van der Waals surface area contributed by atoms with Crippen LogP contribution in [0.25, 0.3) is 0 Å². The first-order chi connectivity index (χ1) is 7.66. The number of hydrogen-bond donors (Lipinski definition) is 1. The van der Waals surface area contributed by atoms with E-state index in [1.54, 1.807) is 0 Å². The predicted molar refractivity (Wildman–Crippen MR) is 74.8 cm³/mol. The van der Waals surface area contributed by atoms with Gasteiger partial charge in [-0.05, 0) is 65.4 Å². The van der Waals surface area contributed by atoms with Crippen molar-refractivity contribution in [3.8, 4) is 11.5 Å². The van der Waals surface area contributed by atoms with Crippen LogP contribution in [0.15, 0.2) is 42.5 Å². The second kappa shape index (κ2) is 4.74. The molecule has 2 aromatic rings. The summed E-state index contributed by atoms with van der Waals surface area (Å²) in [5, 5.41) is 0. The first kappa shape index (κ1) is 11.3. The van der Waals surface area contributed by atoms with Gasteiger partial charge in [0.05, 0.1) is 3.57 Å². The Bertz CT molecular complexity index is 511. The van der Waals surface area contributed by atoms with E-state index < -0.39 is 0 Å². The Morgan fingerprint density at radius 2 is 1.88 bits per heavy atom. The van der Waals surface area contributed by atoms with Crippen molar-refractivity contribution in [3.63, 3.8) is 0 Å². The zero-order valence-electron chi connectivity index (χ0n) is 8.91. The average Bonchev–Trinajstić information content (AvgIpc) is 2.27. The van der Waals surface area contributed by atoms with E-state index in [0.29, 0.717) is 0 Å². The van der Waals surface area contributed by atoms with Crippen LogP contribution in [0.3, 0.4) is 0 Å². The molecule has 0 fully saturated rings. The van der Waals surface area contributed by atoms with Gasteiger partial charge in [-0.25, -0.2) is 0 Å². The van der Waals surface area contributed by atoms with Crippen LogP contribution in [0.4, 0.5) is 5.69 Å². The van der Waals surface area contributed by atoms with Gasteiger partial charge in [0.25, 0.3) is 0 Å². The third kappa shape index (κ3) is 2.47. The average molecular weight is 325 g/mol. The fourth-order valence-electron chi connectivity index (χ4n) is 1.37. The highest BCUT2D eigenvalue weighted by Gasteiger charge is 2.02. The van der Waals surface area contributed by atoms with Crippen LogP contribution in [0.1, 0.15) is 5.56 Å². The number of rotatable bonds is 2. The fourth-order valence-corrected chi connectivity index (χ4v) is 1.86. The summed E-state index contributed by atoms with van der Waals surface area (Å²) >= 11 is 2.25. The molecule has 0 aliphatic rings. The van der Waals surface area contributed by atoms with E-state index in [-0.39, 0.29) is 0 Å². The van der Waals surface area contributed by atoms with Gasteiger partial charge in [0, 0.05) is 5.69 Å². The Labute approximate surface area is 109 Å². The van der Waals surface area contributed by atoms with Gasteiger partial charge in [0.15, 0.2) is 0 Å². The maximum absolute atomic E-state index is 5.78. The van der Waals surface area contributed by atoms with Crippen molar-refractivity contribution in [2.75, 3.05) is 5.73 Å². The van der Waals surface area contributed by atoms with Gasteiger partial charge >= 0.3 is 0 Å². The molecule has 82 valence electrons. The molecule has 0 aliphatic carbocycles. The van der Waals surface area contributed by atoms with Gasteiger partial charge in [-0.1, -0.05) is 12.1 Å². The molecule has 0 aliphatic heterocycles. The maximum atomic E-state index is 5.78. The smallest absolute Gasteiger partial charge is 0.140 e. The molecule has 2 aromatic carbocycles. The molecule has 3 heteroatoms. The molecule has 0 aromatic heterocycles. The van der Waals surface area contributed by atoms with Gasteiger partial charge in [0.1, 0.15) is 11.5 Å². The number of halogens is 1. The van der Waals surface area contributed by atoms with E-state index in [1.165, 1.54) is 0 Å². The molecule has 0 radical (unpaired) electrons. The number of benzene rings is 2. The summed E-state index contributed by atoms with van der Waals surface area (Å²) in [6.45, 7) is 1.97. The van der Waals surface area contributed by atoms with Crippen LogP contribution >= 0.6 is 22.6 Å². The maximum Gasteiger partial charge on any atom is 0.140 e. The summed E-state index contributed by atoms with van der Waals surface area (Å²) < 4.78 is 6.87. The highest BCUT2D eigenvalue weighted by Crippen LogP contribution is 2.28. The number of ether oxygens (including phenoxy) is 1. The molecule has 2 N–H and O–H groups in total. The number of nitrogen functional groups attached to an aromatic ring is 1. The van der Waals surface area contributed by atoms with Crippen molar-refractivity contribution in [2.24, 2.45) is 0 Å². The minimum absolute atomic E-state index is 0.787. The van der Waals surface area contributed by atoms with Crippen LogP contribution in [0.5, 0.6) is 11.5 Å². The Balaban J connectivity index is 2.28. The number of para-hydroxylation sites is 1. The Morgan fingerprint density at radius 3 is 2.56 bits per heavy atom. The molecule has 2 rings (SSSR count). The van der Waals surface area contributed by atoms with E-state index in [0.717, 1.165) is 26.3 Å². The van der Waals surface area contributed by atoms with Crippen molar-refractivity contribution >= 4 is 28.3 Å². The van der Waals surface area contributed by atoms with Crippen molar-refractivity contribution in [1.82, 2.24) is 0 Å². The monoisotopic (exact) mass is 325 g/mol. The second-order valence-corrected chi connectivity index (χ2v) is 4.71. The third-order valence-electron chi connectivity index (χ3n) is 2.31. The number of hydrogen-bond acceptors (Lipinski definition) is 2. The number of anilines is 1. The first-order valence-electron chi connectivity index (χ1n) is 4.95. The molecule has 16 heavy (non-hydrogen) atoms. The van der Waals surface area contributed by atoms with E-state index in [2.05, 4.69) is 22.6 Å². The molecular formula is C13H12INO. The van der Waals surface area contributed by atoms with Gasteiger partial charge in [0.2, 0.25) is 0 Å². The number of nitrogens with two attached hydrogens (primary N) is 1. The molecule has 0 amide bonds. The van der Waals surface area contributed by atoms with E-state index in [9.17, 15) is 0 Å². The van der Waals surface area contributed by atoms with Crippen LogP contribution in [0.2, 0.25) is 0 Å². The lowest BCUT2D eigenvalue weighted by Gasteiger charge is -2.09. The molecule has 0 bridgehead atoms. The van der Waals surface area contributed by atoms with Crippen LogP contribution < -0.4 is 10.5 Å². The summed E-state index contributed by atoms with van der Waals surface area (Å²) in [4.78, 5) is 0. The standard InChI is InChI=1S/C13H12INO/c1-9-8-10(6-7-12(9)15)16-13-5-3-2-4-11(13)14/h2-8H,15H2,1H3. The molecule has 0 heterocycles.